The van der Waals surface area contributed by atoms with Crippen LogP contribution >= 0.6 is 25.1 Å². The molecule has 4 N–H and O–H groups in total. The van der Waals surface area contributed by atoms with Gasteiger partial charge in [-0.2, -0.15) is 18.5 Å². The van der Waals surface area contributed by atoms with Crippen molar-refractivity contribution in [3.8, 4) is 5.82 Å². The minimum Gasteiger partial charge on any atom is -0.378 e. The minimum atomic E-state index is -0.392. The Balaban J connectivity index is 0.00000353. The summed E-state index contributed by atoms with van der Waals surface area (Å²) < 4.78 is 7.17. The van der Waals surface area contributed by atoms with Crippen LogP contribution < -0.4 is 21.3 Å². The van der Waals surface area contributed by atoms with E-state index in [1.165, 1.54) is 0 Å². The van der Waals surface area contributed by atoms with Gasteiger partial charge in [0, 0.05) is 54.0 Å². The van der Waals surface area contributed by atoms with E-state index in [0.29, 0.717) is 16.8 Å². The molecule has 2 aromatic heterocycles. The third kappa shape index (κ3) is 6.87. The Hall–Kier alpha value is -3.64. The fourth-order valence-corrected chi connectivity index (χ4v) is 4.47. The number of aryl methyl sites for hydroxylation is 1. The third-order valence-corrected chi connectivity index (χ3v) is 6.51. The van der Waals surface area contributed by atoms with Gasteiger partial charge in [-0.25, -0.2) is 9.97 Å². The van der Waals surface area contributed by atoms with Gasteiger partial charge in [0.15, 0.2) is 0 Å². The molecule has 0 radical (unpaired) electrons. The second kappa shape index (κ2) is 12.9. The molecular formula is C27H31ClN8O2S. The SMILES string of the molecule is Cc1cnc(Nc2cccc(N3CCOCC3)c2)nc1-n1cnc(C(=O)N[C@H](CN)c2cccc(Cl)c2)c1.S. The number of aromatic nitrogens is 4. The molecule has 204 valence electrons. The van der Waals surface area contributed by atoms with Crippen LogP contribution in [0.15, 0.2) is 67.3 Å². The predicted octanol–water partition coefficient (Wildman–Crippen LogP) is 3.75. The molecule has 0 unspecified atom stereocenters. The number of nitrogens with two attached hydrogens (primary N) is 1. The lowest BCUT2D eigenvalue weighted by Gasteiger charge is -2.29. The number of morpholine rings is 1. The van der Waals surface area contributed by atoms with Crippen molar-refractivity contribution in [1.29, 1.82) is 0 Å². The number of hydrogen-bond acceptors (Lipinski definition) is 8. The number of amides is 1. The summed E-state index contributed by atoms with van der Waals surface area (Å²) in [7, 11) is 0. The fourth-order valence-electron chi connectivity index (χ4n) is 4.28. The van der Waals surface area contributed by atoms with Crippen molar-refractivity contribution in [1.82, 2.24) is 24.8 Å². The summed E-state index contributed by atoms with van der Waals surface area (Å²) >= 11 is 6.10. The smallest absolute Gasteiger partial charge is 0.272 e. The third-order valence-electron chi connectivity index (χ3n) is 6.28. The molecular weight excluding hydrogens is 536 g/mol. The Bertz CT molecular complexity index is 1430. The van der Waals surface area contributed by atoms with Gasteiger partial charge >= 0.3 is 0 Å². The molecule has 1 aliphatic rings. The Morgan fingerprint density at radius 2 is 1.95 bits per heavy atom. The first kappa shape index (κ1) is 28.4. The number of carbonyl (C=O) groups excluding carboxylic acids is 1. The fraction of sp³-hybridized carbons (Fsp3) is 0.259. The zero-order valence-electron chi connectivity index (χ0n) is 21.5. The average Bonchev–Trinajstić information content (AvgIpc) is 3.44. The highest BCUT2D eigenvalue weighted by Crippen LogP contribution is 2.23. The lowest BCUT2D eigenvalue weighted by atomic mass is 10.1. The monoisotopic (exact) mass is 566 g/mol. The van der Waals surface area contributed by atoms with E-state index in [9.17, 15) is 4.79 Å². The van der Waals surface area contributed by atoms with Crippen LogP contribution in [0.4, 0.5) is 17.3 Å². The van der Waals surface area contributed by atoms with E-state index >= 15 is 0 Å². The number of nitrogens with zero attached hydrogens (tertiary/aromatic N) is 5. The van der Waals surface area contributed by atoms with Crippen LogP contribution in [0.5, 0.6) is 0 Å². The van der Waals surface area contributed by atoms with E-state index in [1.807, 2.05) is 31.2 Å². The molecule has 0 spiro atoms. The summed E-state index contributed by atoms with van der Waals surface area (Å²) in [5.74, 6) is 0.710. The number of anilines is 3. The maximum atomic E-state index is 12.9. The van der Waals surface area contributed by atoms with Crippen LogP contribution in [0.2, 0.25) is 5.02 Å². The normalized spacial score (nSPS) is 13.9. The molecule has 4 aromatic rings. The van der Waals surface area contributed by atoms with Gasteiger partial charge in [0.25, 0.3) is 5.91 Å². The van der Waals surface area contributed by atoms with Crippen LogP contribution in [-0.2, 0) is 4.74 Å². The summed E-state index contributed by atoms with van der Waals surface area (Å²) in [4.78, 5) is 28.7. The number of rotatable bonds is 8. The van der Waals surface area contributed by atoms with E-state index in [-0.39, 0.29) is 31.6 Å². The van der Waals surface area contributed by atoms with Gasteiger partial charge in [0.2, 0.25) is 5.95 Å². The second-order valence-corrected chi connectivity index (χ2v) is 9.39. The molecule has 0 saturated carbocycles. The predicted molar refractivity (Wildman–Crippen MR) is 158 cm³/mol. The summed E-state index contributed by atoms with van der Waals surface area (Å²) in [6.07, 6.45) is 4.93. The number of nitrogens with one attached hydrogen (secondary N) is 2. The van der Waals surface area contributed by atoms with Crippen molar-refractivity contribution in [2.75, 3.05) is 43.1 Å². The lowest BCUT2D eigenvalue weighted by molar-refractivity contribution is 0.0933. The zero-order chi connectivity index (χ0) is 26.5. The highest BCUT2D eigenvalue weighted by molar-refractivity contribution is 7.59. The molecule has 1 aliphatic heterocycles. The van der Waals surface area contributed by atoms with Crippen molar-refractivity contribution in [2.24, 2.45) is 5.73 Å². The van der Waals surface area contributed by atoms with Gasteiger partial charge in [0.05, 0.1) is 19.3 Å². The zero-order valence-corrected chi connectivity index (χ0v) is 23.2. The molecule has 0 bridgehead atoms. The van der Waals surface area contributed by atoms with E-state index in [4.69, 9.17) is 22.1 Å². The standard InChI is InChI=1S/C27H29ClN8O2.H2S/c1-18-15-30-27(32-21-6-3-7-22(13-21)35-8-10-38-11-9-35)34-25(18)36-16-24(31-17-36)26(37)33-23(14-29)19-4-2-5-20(28)12-19;/h2-7,12-13,15-17,23H,8-11,14,29H2,1H3,(H,33,37)(H,30,32,34);1H2/t23-;/m1./s1. The summed E-state index contributed by atoms with van der Waals surface area (Å²) in [5, 5.41) is 6.80. The molecule has 12 heteroatoms. The van der Waals surface area contributed by atoms with Crippen LogP contribution in [-0.4, -0.2) is 58.3 Å². The van der Waals surface area contributed by atoms with Crippen molar-refractivity contribution in [3.63, 3.8) is 0 Å². The average molecular weight is 567 g/mol. The quantitative estimate of drug-likeness (QED) is 0.295. The minimum absolute atomic E-state index is 0. The van der Waals surface area contributed by atoms with E-state index in [1.54, 1.807) is 35.4 Å². The van der Waals surface area contributed by atoms with E-state index < -0.39 is 6.04 Å². The lowest BCUT2D eigenvalue weighted by Crippen LogP contribution is -2.36. The number of imidazole rings is 1. The van der Waals surface area contributed by atoms with Crippen LogP contribution in [0, 0.1) is 6.92 Å². The van der Waals surface area contributed by atoms with Crippen molar-refractivity contribution >= 4 is 48.3 Å². The van der Waals surface area contributed by atoms with Crippen molar-refractivity contribution in [3.05, 3.63) is 89.1 Å². The number of carbonyl (C=O) groups is 1. The topological polar surface area (TPSA) is 123 Å². The van der Waals surface area contributed by atoms with Crippen LogP contribution in [0.1, 0.15) is 27.7 Å². The molecule has 1 atom stereocenters. The molecule has 1 saturated heterocycles. The molecule has 1 fully saturated rings. The van der Waals surface area contributed by atoms with Crippen LogP contribution in [0.25, 0.3) is 5.82 Å². The van der Waals surface area contributed by atoms with Gasteiger partial charge in [-0.05, 0) is 42.8 Å². The maximum absolute atomic E-state index is 12.9. The first-order valence-corrected chi connectivity index (χ1v) is 12.7. The molecule has 0 aliphatic carbocycles. The molecule has 10 nitrogen and oxygen atoms in total. The van der Waals surface area contributed by atoms with Gasteiger partial charge in [-0.3, -0.25) is 9.36 Å². The first-order valence-electron chi connectivity index (χ1n) is 12.3. The Morgan fingerprint density at radius 3 is 2.72 bits per heavy atom. The van der Waals surface area contributed by atoms with Crippen LogP contribution in [0.3, 0.4) is 0 Å². The molecule has 2 aromatic carbocycles. The Labute approximate surface area is 239 Å². The molecule has 5 rings (SSSR count). The molecule has 39 heavy (non-hydrogen) atoms. The number of hydrogen-bond donors (Lipinski definition) is 3. The highest BCUT2D eigenvalue weighted by Gasteiger charge is 2.18. The van der Waals surface area contributed by atoms with E-state index in [2.05, 4.69) is 42.6 Å². The Morgan fingerprint density at radius 1 is 1.15 bits per heavy atom. The molecule has 1 amide bonds. The number of halogens is 1. The Kier molecular flexibility index (Phi) is 9.41. The van der Waals surface area contributed by atoms with Gasteiger partial charge in [0.1, 0.15) is 17.8 Å². The summed E-state index contributed by atoms with van der Waals surface area (Å²) in [6.45, 7) is 5.29. The second-order valence-electron chi connectivity index (χ2n) is 8.96. The van der Waals surface area contributed by atoms with Crippen molar-refractivity contribution in [2.45, 2.75) is 13.0 Å². The van der Waals surface area contributed by atoms with Gasteiger partial charge in [-0.1, -0.05) is 29.8 Å². The van der Waals surface area contributed by atoms with Crippen molar-refractivity contribution < 1.29 is 9.53 Å². The summed E-state index contributed by atoms with van der Waals surface area (Å²) in [6, 6.07) is 15.0. The first-order chi connectivity index (χ1) is 18.5. The van der Waals surface area contributed by atoms with E-state index in [0.717, 1.165) is 48.8 Å². The highest BCUT2D eigenvalue weighted by atomic mass is 35.5. The number of benzene rings is 2. The molecule has 3 heterocycles. The maximum Gasteiger partial charge on any atom is 0.272 e. The van der Waals surface area contributed by atoms with Gasteiger partial charge in [-0.15, -0.1) is 0 Å². The summed E-state index contributed by atoms with van der Waals surface area (Å²) in [5.41, 5.74) is 9.81. The largest absolute Gasteiger partial charge is 0.378 e. The van der Waals surface area contributed by atoms with Gasteiger partial charge < -0.3 is 26.0 Å². The number of ether oxygens (including phenoxy) is 1.